The fraction of sp³-hybridized carbons (Fsp3) is 0.500. The molecule has 0 aliphatic heterocycles. The lowest BCUT2D eigenvalue weighted by molar-refractivity contribution is 0.644. The Morgan fingerprint density at radius 3 is 2.53 bits per heavy atom. The molecule has 0 aliphatic rings. The first kappa shape index (κ1) is 13.1. The van der Waals surface area contributed by atoms with Gasteiger partial charge in [0.1, 0.15) is 5.82 Å². The molecule has 1 aromatic heterocycles. The van der Waals surface area contributed by atoms with Crippen molar-refractivity contribution < 1.29 is 0 Å². The molecular weight excluding hydrogens is 299 g/mol. The van der Waals surface area contributed by atoms with Crippen molar-refractivity contribution in [1.29, 1.82) is 0 Å². The number of hydrogen-bond acceptors (Lipinski definition) is 2. The van der Waals surface area contributed by atoms with Gasteiger partial charge >= 0.3 is 0 Å². The summed E-state index contributed by atoms with van der Waals surface area (Å²) in [6.07, 6.45) is 1.80. The fourth-order valence-electron chi connectivity index (χ4n) is 1.01. The molecule has 0 fully saturated rings. The second-order valence-electron chi connectivity index (χ2n) is 3.80. The van der Waals surface area contributed by atoms with E-state index < -0.39 is 0 Å². The van der Waals surface area contributed by atoms with E-state index in [0.29, 0.717) is 11.8 Å². The summed E-state index contributed by atoms with van der Waals surface area (Å²) in [4.78, 5) is 4.28. The van der Waals surface area contributed by atoms with E-state index >= 15 is 0 Å². The van der Waals surface area contributed by atoms with Gasteiger partial charge in [0, 0.05) is 18.0 Å². The van der Waals surface area contributed by atoms with Gasteiger partial charge in [-0.1, -0.05) is 0 Å². The van der Waals surface area contributed by atoms with Crippen molar-refractivity contribution in [2.75, 3.05) is 17.1 Å². The zero-order valence-corrected chi connectivity index (χ0v) is 11.7. The van der Waals surface area contributed by atoms with Gasteiger partial charge in [0.25, 0.3) is 0 Å². The summed E-state index contributed by atoms with van der Waals surface area (Å²) in [6, 6.07) is 2.00. The minimum Gasteiger partial charge on any atom is -0.362 e. The average Bonchev–Trinajstić information content (AvgIpc) is 2.22. The highest BCUT2D eigenvalue weighted by Crippen LogP contribution is 2.24. The van der Waals surface area contributed by atoms with Crippen molar-refractivity contribution in [2.45, 2.75) is 19.4 Å². The van der Waals surface area contributed by atoms with Crippen molar-refractivity contribution in [2.24, 2.45) is 0 Å². The Kier molecular flexibility index (Phi) is 4.68. The third-order valence-electron chi connectivity index (χ3n) is 1.99. The zero-order chi connectivity index (χ0) is 11.5. The van der Waals surface area contributed by atoms with E-state index in [4.69, 9.17) is 23.2 Å². The Hall–Kier alpha value is 0.01000. The van der Waals surface area contributed by atoms with Crippen LogP contribution >= 0.6 is 39.1 Å². The summed E-state index contributed by atoms with van der Waals surface area (Å²) in [7, 11) is 0. The van der Waals surface area contributed by atoms with Crippen LogP contribution in [0.25, 0.3) is 0 Å². The van der Waals surface area contributed by atoms with Crippen LogP contribution in [0.2, 0.25) is 0 Å². The number of halogens is 3. The molecule has 0 aliphatic carbocycles. The van der Waals surface area contributed by atoms with Crippen molar-refractivity contribution >= 4 is 44.9 Å². The van der Waals surface area contributed by atoms with E-state index in [9.17, 15) is 0 Å². The van der Waals surface area contributed by atoms with Crippen molar-refractivity contribution in [3.63, 3.8) is 0 Å². The van der Waals surface area contributed by atoms with Gasteiger partial charge in [-0.2, -0.15) is 0 Å². The number of pyridine rings is 1. The summed E-state index contributed by atoms with van der Waals surface area (Å²) in [6.45, 7) is 3.95. The molecule has 1 rings (SSSR count). The lowest BCUT2D eigenvalue weighted by atomic mass is 10.1. The van der Waals surface area contributed by atoms with Gasteiger partial charge < -0.3 is 5.32 Å². The van der Waals surface area contributed by atoms with Crippen molar-refractivity contribution in [3.05, 3.63) is 22.3 Å². The first-order chi connectivity index (χ1) is 7.00. The van der Waals surface area contributed by atoms with Crippen molar-refractivity contribution in [1.82, 2.24) is 4.98 Å². The normalized spacial score (nSPS) is 11.5. The van der Waals surface area contributed by atoms with Gasteiger partial charge in [-0.15, -0.1) is 23.2 Å². The van der Waals surface area contributed by atoms with Crippen LogP contribution in [0.3, 0.4) is 0 Å². The standard InChI is InChI=1S/C10H13BrCl2N2/c1-7-3-8(11)9(14-4-7)15-10(2,5-12)6-13/h3-4H,5-6H2,1-2H3,(H,14,15). The van der Waals surface area contributed by atoms with Crippen LogP contribution < -0.4 is 5.32 Å². The molecule has 1 aromatic rings. The Balaban J connectivity index is 2.89. The number of aryl methyl sites for hydroxylation is 1. The molecular formula is C10H13BrCl2N2. The summed E-state index contributed by atoms with van der Waals surface area (Å²) in [5.74, 6) is 1.63. The smallest absolute Gasteiger partial charge is 0.140 e. The molecule has 0 bridgehead atoms. The lowest BCUT2D eigenvalue weighted by Gasteiger charge is -2.27. The minimum absolute atomic E-state index is 0.339. The van der Waals surface area contributed by atoms with Gasteiger partial charge in [0.2, 0.25) is 0 Å². The summed E-state index contributed by atoms with van der Waals surface area (Å²) < 4.78 is 0.920. The first-order valence-corrected chi connectivity index (χ1v) is 6.39. The van der Waals surface area contributed by atoms with Crippen LogP contribution in [-0.4, -0.2) is 22.3 Å². The summed E-state index contributed by atoms with van der Waals surface area (Å²) >= 11 is 15.2. The molecule has 1 heterocycles. The minimum atomic E-state index is -0.339. The highest BCUT2D eigenvalue weighted by Gasteiger charge is 2.23. The van der Waals surface area contributed by atoms with E-state index in [1.54, 1.807) is 6.20 Å². The predicted molar refractivity (Wildman–Crippen MR) is 70.1 cm³/mol. The van der Waals surface area contributed by atoms with Gasteiger partial charge in [-0.25, -0.2) is 4.98 Å². The molecule has 2 nitrogen and oxygen atoms in total. The van der Waals surface area contributed by atoms with Crippen LogP contribution in [0, 0.1) is 6.92 Å². The topological polar surface area (TPSA) is 24.9 Å². The maximum atomic E-state index is 5.85. The molecule has 0 aromatic carbocycles. The summed E-state index contributed by atoms with van der Waals surface area (Å²) in [5.41, 5.74) is 0.763. The first-order valence-electron chi connectivity index (χ1n) is 4.53. The Labute approximate surface area is 108 Å². The number of rotatable bonds is 4. The van der Waals surface area contributed by atoms with Crippen LogP contribution in [-0.2, 0) is 0 Å². The molecule has 84 valence electrons. The maximum Gasteiger partial charge on any atom is 0.140 e. The van der Waals surface area contributed by atoms with Crippen LogP contribution in [0.1, 0.15) is 12.5 Å². The number of nitrogens with zero attached hydrogens (tertiary/aromatic N) is 1. The number of anilines is 1. The van der Waals surface area contributed by atoms with E-state index in [1.165, 1.54) is 0 Å². The number of aromatic nitrogens is 1. The molecule has 0 unspecified atom stereocenters. The second-order valence-corrected chi connectivity index (χ2v) is 5.18. The predicted octanol–water partition coefficient (Wildman–Crippen LogP) is 3.80. The van der Waals surface area contributed by atoms with Gasteiger partial charge in [0.15, 0.2) is 0 Å². The highest BCUT2D eigenvalue weighted by atomic mass is 79.9. The number of hydrogen-bond donors (Lipinski definition) is 1. The van der Waals surface area contributed by atoms with Crippen LogP contribution in [0.15, 0.2) is 16.7 Å². The molecule has 0 radical (unpaired) electrons. The van der Waals surface area contributed by atoms with Gasteiger partial charge in [-0.05, 0) is 41.4 Å². The number of nitrogens with one attached hydrogen (secondary N) is 1. The molecule has 0 spiro atoms. The monoisotopic (exact) mass is 310 g/mol. The fourth-order valence-corrected chi connectivity index (χ4v) is 2.00. The van der Waals surface area contributed by atoms with Gasteiger partial charge in [-0.3, -0.25) is 0 Å². The van der Waals surface area contributed by atoms with Crippen molar-refractivity contribution in [3.8, 4) is 0 Å². The van der Waals surface area contributed by atoms with E-state index in [0.717, 1.165) is 15.9 Å². The third kappa shape index (κ3) is 3.51. The summed E-state index contributed by atoms with van der Waals surface area (Å²) in [5, 5.41) is 3.23. The lowest BCUT2D eigenvalue weighted by Crippen LogP contribution is -2.39. The zero-order valence-electron chi connectivity index (χ0n) is 8.65. The molecule has 0 atom stereocenters. The molecule has 15 heavy (non-hydrogen) atoms. The SMILES string of the molecule is Cc1cnc(NC(C)(CCl)CCl)c(Br)c1. The van der Waals surface area contributed by atoms with E-state index in [-0.39, 0.29) is 5.54 Å². The average molecular weight is 312 g/mol. The highest BCUT2D eigenvalue weighted by molar-refractivity contribution is 9.10. The molecule has 1 N–H and O–H groups in total. The van der Waals surface area contributed by atoms with E-state index in [1.807, 2.05) is 19.9 Å². The van der Waals surface area contributed by atoms with E-state index in [2.05, 4.69) is 26.2 Å². The third-order valence-corrected chi connectivity index (χ3v) is 3.77. The largest absolute Gasteiger partial charge is 0.362 e. The molecule has 0 saturated heterocycles. The Bertz CT molecular complexity index is 340. The Morgan fingerprint density at radius 1 is 1.47 bits per heavy atom. The Morgan fingerprint density at radius 2 is 2.07 bits per heavy atom. The number of alkyl halides is 2. The van der Waals surface area contributed by atoms with Crippen LogP contribution in [0.4, 0.5) is 5.82 Å². The molecule has 5 heteroatoms. The van der Waals surface area contributed by atoms with Crippen LogP contribution in [0.5, 0.6) is 0 Å². The maximum absolute atomic E-state index is 5.85. The molecule has 0 amide bonds. The quantitative estimate of drug-likeness (QED) is 0.856. The van der Waals surface area contributed by atoms with Gasteiger partial charge in [0.05, 0.1) is 10.0 Å². The second kappa shape index (κ2) is 5.37. The molecule has 0 saturated carbocycles.